The topological polar surface area (TPSA) is 3.24 Å². The van der Waals surface area contributed by atoms with Crippen LogP contribution in [0.4, 0.5) is 13.2 Å². The predicted molar refractivity (Wildman–Crippen MR) is 112 cm³/mol. The summed E-state index contributed by atoms with van der Waals surface area (Å²) in [7, 11) is 0. The van der Waals surface area contributed by atoms with Gasteiger partial charge in [0, 0.05) is 30.6 Å². The summed E-state index contributed by atoms with van der Waals surface area (Å²) in [5.74, 6) is -0.232. The van der Waals surface area contributed by atoms with Crippen LogP contribution in [0.5, 0.6) is 0 Å². The average molecular weight is 416 g/mol. The summed E-state index contributed by atoms with van der Waals surface area (Å²) in [6.07, 6.45) is -1.56. The Labute approximate surface area is 173 Å². The Morgan fingerprint density at radius 3 is 2.52 bits per heavy atom. The molecule has 0 N–H and O–H groups in total. The number of hydrogen-bond acceptors (Lipinski definition) is 1. The smallest absolute Gasteiger partial charge is 0.298 e. The van der Waals surface area contributed by atoms with E-state index in [2.05, 4.69) is 35.2 Å². The standard InChI is InChI=1S/C24H21ClF3N/c25-23-11-13-29(12-10-17-8-9-18-4-1-2-5-19(18)14-17)16-22(23)20-6-3-7-21(15-20)24(26,27)28/h1-9,11,14-15,22H,10,12-13,16H2. The van der Waals surface area contributed by atoms with Crippen LogP contribution in [0.25, 0.3) is 10.8 Å². The van der Waals surface area contributed by atoms with E-state index < -0.39 is 11.7 Å². The van der Waals surface area contributed by atoms with Crippen LogP contribution in [0.3, 0.4) is 0 Å². The van der Waals surface area contributed by atoms with Crippen molar-refractivity contribution in [3.05, 3.63) is 94.5 Å². The average Bonchev–Trinajstić information content (AvgIpc) is 2.72. The van der Waals surface area contributed by atoms with Gasteiger partial charge in [-0.3, -0.25) is 4.90 Å². The van der Waals surface area contributed by atoms with Gasteiger partial charge in [-0.1, -0.05) is 78.3 Å². The Kier molecular flexibility index (Phi) is 5.66. The van der Waals surface area contributed by atoms with Gasteiger partial charge in [-0.25, -0.2) is 0 Å². The Morgan fingerprint density at radius 1 is 0.931 bits per heavy atom. The molecule has 3 aromatic rings. The molecule has 4 rings (SSSR count). The van der Waals surface area contributed by atoms with Crippen molar-refractivity contribution in [2.75, 3.05) is 19.6 Å². The molecule has 1 unspecified atom stereocenters. The first kappa shape index (κ1) is 20.0. The van der Waals surface area contributed by atoms with E-state index in [-0.39, 0.29) is 5.92 Å². The highest BCUT2D eigenvalue weighted by molar-refractivity contribution is 6.30. The minimum atomic E-state index is -4.35. The third kappa shape index (κ3) is 4.65. The van der Waals surface area contributed by atoms with Crippen molar-refractivity contribution in [2.45, 2.75) is 18.5 Å². The number of hydrogen-bond donors (Lipinski definition) is 0. The Hall–Kier alpha value is -2.30. The van der Waals surface area contributed by atoms with Crippen LogP contribution in [0.1, 0.15) is 22.6 Å². The minimum Gasteiger partial charge on any atom is -0.298 e. The zero-order valence-corrected chi connectivity index (χ0v) is 16.5. The Morgan fingerprint density at radius 2 is 1.72 bits per heavy atom. The molecule has 0 saturated carbocycles. The van der Waals surface area contributed by atoms with Crippen LogP contribution in [0, 0.1) is 0 Å². The summed E-state index contributed by atoms with van der Waals surface area (Å²) in [6, 6.07) is 20.2. The molecule has 150 valence electrons. The summed E-state index contributed by atoms with van der Waals surface area (Å²) in [4.78, 5) is 2.24. The number of rotatable bonds is 4. The molecule has 1 atom stereocenters. The molecule has 0 bridgehead atoms. The summed E-state index contributed by atoms with van der Waals surface area (Å²) in [5.41, 5.74) is 1.23. The van der Waals surface area contributed by atoms with Gasteiger partial charge >= 0.3 is 6.18 Å². The van der Waals surface area contributed by atoms with Gasteiger partial charge in [-0.2, -0.15) is 13.2 Å². The maximum atomic E-state index is 13.1. The van der Waals surface area contributed by atoms with E-state index in [0.717, 1.165) is 19.0 Å². The second-order valence-corrected chi connectivity index (χ2v) is 7.89. The highest BCUT2D eigenvalue weighted by Crippen LogP contribution is 2.35. The number of fused-ring (bicyclic) bond motifs is 1. The molecular formula is C24H21ClF3N. The molecule has 0 radical (unpaired) electrons. The largest absolute Gasteiger partial charge is 0.416 e. The summed E-state index contributed by atoms with van der Waals surface area (Å²) < 4.78 is 39.2. The molecule has 0 aromatic heterocycles. The minimum absolute atomic E-state index is 0.232. The van der Waals surface area contributed by atoms with E-state index in [1.165, 1.54) is 28.5 Å². The second kappa shape index (κ2) is 8.21. The lowest BCUT2D eigenvalue weighted by atomic mass is 9.93. The first-order chi connectivity index (χ1) is 13.9. The molecule has 0 aliphatic carbocycles. The van der Waals surface area contributed by atoms with Crippen LogP contribution in [0.2, 0.25) is 0 Å². The van der Waals surface area contributed by atoms with Crippen molar-refractivity contribution in [3.63, 3.8) is 0 Å². The molecular weight excluding hydrogens is 395 g/mol. The fourth-order valence-corrected chi connectivity index (χ4v) is 4.10. The maximum Gasteiger partial charge on any atom is 0.416 e. The van der Waals surface area contributed by atoms with E-state index in [9.17, 15) is 13.2 Å². The molecule has 5 heteroatoms. The van der Waals surface area contributed by atoms with Crippen molar-refractivity contribution in [1.29, 1.82) is 0 Å². The Bertz CT molecular complexity index is 1040. The molecule has 1 nitrogen and oxygen atoms in total. The van der Waals surface area contributed by atoms with Gasteiger partial charge in [0.05, 0.1) is 5.56 Å². The molecule has 0 spiro atoms. The zero-order valence-electron chi connectivity index (χ0n) is 15.8. The third-order valence-corrected chi connectivity index (χ3v) is 5.88. The van der Waals surface area contributed by atoms with E-state index in [4.69, 9.17) is 11.6 Å². The van der Waals surface area contributed by atoms with Gasteiger partial charge in [0.25, 0.3) is 0 Å². The molecule has 1 aliphatic heterocycles. The lowest BCUT2D eigenvalue weighted by Crippen LogP contribution is -2.34. The van der Waals surface area contributed by atoms with E-state index in [1.54, 1.807) is 6.07 Å². The van der Waals surface area contributed by atoms with Crippen LogP contribution in [0.15, 0.2) is 77.8 Å². The van der Waals surface area contributed by atoms with Crippen molar-refractivity contribution >= 4 is 22.4 Å². The predicted octanol–water partition coefficient (Wildman–Crippen LogP) is 6.62. The maximum absolute atomic E-state index is 13.1. The molecule has 0 saturated heterocycles. The van der Waals surface area contributed by atoms with E-state index in [1.807, 2.05) is 18.2 Å². The first-order valence-electron chi connectivity index (χ1n) is 9.63. The van der Waals surface area contributed by atoms with Crippen LogP contribution in [-0.4, -0.2) is 24.5 Å². The molecule has 1 heterocycles. The lowest BCUT2D eigenvalue weighted by molar-refractivity contribution is -0.137. The van der Waals surface area contributed by atoms with Crippen LogP contribution in [-0.2, 0) is 12.6 Å². The second-order valence-electron chi connectivity index (χ2n) is 7.46. The number of halogens is 4. The van der Waals surface area contributed by atoms with Gasteiger partial charge in [0.2, 0.25) is 0 Å². The monoisotopic (exact) mass is 415 g/mol. The van der Waals surface area contributed by atoms with E-state index in [0.29, 0.717) is 23.7 Å². The Balaban J connectivity index is 1.46. The van der Waals surface area contributed by atoms with Crippen molar-refractivity contribution < 1.29 is 13.2 Å². The number of benzene rings is 3. The molecule has 29 heavy (non-hydrogen) atoms. The number of alkyl halides is 3. The first-order valence-corrected chi connectivity index (χ1v) is 10.0. The van der Waals surface area contributed by atoms with Crippen molar-refractivity contribution in [3.8, 4) is 0 Å². The van der Waals surface area contributed by atoms with Crippen molar-refractivity contribution in [2.24, 2.45) is 0 Å². The molecule has 0 amide bonds. The highest BCUT2D eigenvalue weighted by Gasteiger charge is 2.32. The number of nitrogens with zero attached hydrogens (tertiary/aromatic N) is 1. The molecule has 0 fully saturated rings. The molecule has 3 aromatic carbocycles. The van der Waals surface area contributed by atoms with Gasteiger partial charge < -0.3 is 0 Å². The summed E-state index contributed by atoms with van der Waals surface area (Å²) in [6.45, 7) is 2.15. The highest BCUT2D eigenvalue weighted by atomic mass is 35.5. The SMILES string of the molecule is FC(F)(F)c1cccc(C2CN(CCc3ccc4ccccc4c3)CC=C2Cl)c1. The normalized spacial score (nSPS) is 18.1. The van der Waals surface area contributed by atoms with Crippen LogP contribution >= 0.6 is 11.6 Å². The van der Waals surface area contributed by atoms with Crippen molar-refractivity contribution in [1.82, 2.24) is 4.90 Å². The van der Waals surface area contributed by atoms with Gasteiger partial charge in [-0.15, -0.1) is 0 Å². The zero-order chi connectivity index (χ0) is 20.4. The van der Waals surface area contributed by atoms with Gasteiger partial charge in [-0.05, 0) is 34.4 Å². The molecule has 1 aliphatic rings. The summed E-state index contributed by atoms with van der Waals surface area (Å²) >= 11 is 6.38. The summed E-state index contributed by atoms with van der Waals surface area (Å²) in [5, 5.41) is 3.05. The van der Waals surface area contributed by atoms with Gasteiger partial charge in [0.1, 0.15) is 0 Å². The fourth-order valence-electron chi connectivity index (χ4n) is 3.84. The lowest BCUT2D eigenvalue weighted by Gasteiger charge is -2.31. The van der Waals surface area contributed by atoms with E-state index >= 15 is 0 Å². The van der Waals surface area contributed by atoms with Gasteiger partial charge in [0.15, 0.2) is 0 Å². The quantitative estimate of drug-likeness (QED) is 0.462. The van der Waals surface area contributed by atoms with Crippen LogP contribution < -0.4 is 0 Å². The fraction of sp³-hybridized carbons (Fsp3) is 0.250. The third-order valence-electron chi connectivity index (χ3n) is 5.47.